The number of rotatable bonds is 4. The van der Waals surface area contributed by atoms with Gasteiger partial charge in [0, 0.05) is 19.3 Å². The van der Waals surface area contributed by atoms with Gasteiger partial charge < -0.3 is 5.32 Å². The van der Waals surface area contributed by atoms with E-state index in [1.807, 2.05) is 12.1 Å². The highest BCUT2D eigenvalue weighted by Crippen LogP contribution is 2.35. The summed E-state index contributed by atoms with van der Waals surface area (Å²) in [5.41, 5.74) is 1.37. The SMILES string of the molecule is CN(C(=O)NC1CCC(C)(C)CC1)c1cc(Cn2cnnn2)ccn1. The molecular formula is C17H25N7O. The fourth-order valence-corrected chi connectivity index (χ4v) is 3.10. The van der Waals surface area contributed by atoms with E-state index < -0.39 is 0 Å². The summed E-state index contributed by atoms with van der Waals surface area (Å²) in [5.74, 6) is 0.610. The minimum absolute atomic E-state index is 0.114. The Morgan fingerprint density at radius 3 is 2.84 bits per heavy atom. The van der Waals surface area contributed by atoms with Crippen LogP contribution in [0.1, 0.15) is 45.1 Å². The lowest BCUT2D eigenvalue weighted by Gasteiger charge is -2.35. The highest BCUT2D eigenvalue weighted by Gasteiger charge is 2.28. The highest BCUT2D eigenvalue weighted by molar-refractivity contribution is 5.90. The summed E-state index contributed by atoms with van der Waals surface area (Å²) in [6.07, 6.45) is 7.59. The number of nitrogens with one attached hydrogen (secondary N) is 1. The molecule has 3 rings (SSSR count). The third kappa shape index (κ3) is 4.52. The predicted molar refractivity (Wildman–Crippen MR) is 94.1 cm³/mol. The maximum atomic E-state index is 12.5. The van der Waals surface area contributed by atoms with Crippen LogP contribution in [0.2, 0.25) is 0 Å². The van der Waals surface area contributed by atoms with Gasteiger partial charge >= 0.3 is 6.03 Å². The van der Waals surface area contributed by atoms with Crippen LogP contribution in [0.25, 0.3) is 0 Å². The van der Waals surface area contributed by atoms with Crippen LogP contribution in [0, 0.1) is 5.41 Å². The Labute approximate surface area is 147 Å². The third-order valence-electron chi connectivity index (χ3n) is 4.86. The molecule has 1 fully saturated rings. The van der Waals surface area contributed by atoms with Gasteiger partial charge in [0.15, 0.2) is 0 Å². The van der Waals surface area contributed by atoms with Crippen molar-refractivity contribution >= 4 is 11.8 Å². The van der Waals surface area contributed by atoms with E-state index in [2.05, 4.69) is 39.7 Å². The van der Waals surface area contributed by atoms with Crippen molar-refractivity contribution < 1.29 is 4.79 Å². The summed E-state index contributed by atoms with van der Waals surface area (Å²) in [6.45, 7) is 5.12. The molecule has 1 aliphatic rings. The monoisotopic (exact) mass is 343 g/mol. The van der Waals surface area contributed by atoms with Gasteiger partial charge in [0.1, 0.15) is 12.1 Å². The molecular weight excluding hydrogens is 318 g/mol. The first-order chi connectivity index (χ1) is 11.9. The smallest absolute Gasteiger partial charge is 0.323 e. The lowest BCUT2D eigenvalue weighted by molar-refractivity contribution is 0.200. The first-order valence-corrected chi connectivity index (χ1v) is 8.63. The van der Waals surface area contributed by atoms with Gasteiger partial charge in [-0.1, -0.05) is 13.8 Å². The average molecular weight is 343 g/mol. The van der Waals surface area contributed by atoms with Gasteiger partial charge in [-0.2, -0.15) is 0 Å². The molecule has 0 unspecified atom stereocenters. The van der Waals surface area contributed by atoms with Crippen molar-refractivity contribution in [2.24, 2.45) is 5.41 Å². The molecule has 2 aromatic heterocycles. The first kappa shape index (κ1) is 17.3. The van der Waals surface area contributed by atoms with Crippen molar-refractivity contribution in [3.05, 3.63) is 30.2 Å². The second kappa shape index (κ2) is 7.16. The quantitative estimate of drug-likeness (QED) is 0.919. The van der Waals surface area contributed by atoms with Gasteiger partial charge in [0.05, 0.1) is 6.54 Å². The van der Waals surface area contributed by atoms with Crippen molar-refractivity contribution in [3.63, 3.8) is 0 Å². The van der Waals surface area contributed by atoms with E-state index in [1.165, 1.54) is 0 Å². The summed E-state index contributed by atoms with van der Waals surface area (Å²) >= 11 is 0. The topological polar surface area (TPSA) is 88.8 Å². The van der Waals surface area contributed by atoms with E-state index in [1.54, 1.807) is 29.2 Å². The summed E-state index contributed by atoms with van der Waals surface area (Å²) in [4.78, 5) is 18.4. The van der Waals surface area contributed by atoms with E-state index in [0.29, 0.717) is 17.8 Å². The molecule has 0 spiro atoms. The van der Waals surface area contributed by atoms with Gasteiger partial charge in [-0.15, -0.1) is 5.10 Å². The summed E-state index contributed by atoms with van der Waals surface area (Å²) in [6, 6.07) is 3.90. The molecule has 0 aliphatic heterocycles. The van der Waals surface area contributed by atoms with Crippen molar-refractivity contribution in [2.75, 3.05) is 11.9 Å². The molecule has 2 heterocycles. The predicted octanol–water partition coefficient (Wildman–Crippen LogP) is 2.23. The molecule has 0 radical (unpaired) electrons. The van der Waals surface area contributed by atoms with Crippen molar-refractivity contribution in [3.8, 4) is 0 Å². The summed E-state index contributed by atoms with van der Waals surface area (Å²) in [5, 5.41) is 14.2. The molecule has 134 valence electrons. The Morgan fingerprint density at radius 2 is 2.16 bits per heavy atom. The van der Waals surface area contributed by atoms with Crippen molar-refractivity contribution in [1.82, 2.24) is 30.5 Å². The van der Waals surface area contributed by atoms with E-state index in [4.69, 9.17) is 0 Å². The lowest BCUT2D eigenvalue weighted by atomic mass is 9.76. The standard InChI is InChI=1S/C17H25N7O/c1-17(2)7-4-14(5-8-17)20-16(25)23(3)15-10-13(6-9-18-15)11-24-12-19-21-22-24/h6,9-10,12,14H,4-5,7-8,11H2,1-3H3,(H,20,25). The zero-order valence-electron chi connectivity index (χ0n) is 15.0. The van der Waals surface area contributed by atoms with Crippen LogP contribution in [-0.4, -0.2) is 44.3 Å². The number of carbonyl (C=O) groups is 1. The summed E-state index contributed by atoms with van der Waals surface area (Å²) < 4.78 is 1.63. The van der Waals surface area contributed by atoms with Gasteiger partial charge in [-0.25, -0.2) is 14.5 Å². The number of urea groups is 1. The van der Waals surface area contributed by atoms with E-state index in [0.717, 1.165) is 31.2 Å². The normalized spacial score (nSPS) is 17.2. The number of nitrogens with zero attached hydrogens (tertiary/aromatic N) is 6. The fraction of sp³-hybridized carbons (Fsp3) is 0.588. The van der Waals surface area contributed by atoms with Gasteiger partial charge in [0.25, 0.3) is 0 Å². The van der Waals surface area contributed by atoms with Crippen LogP contribution in [0.3, 0.4) is 0 Å². The molecule has 1 saturated carbocycles. The van der Waals surface area contributed by atoms with Crippen LogP contribution in [0.15, 0.2) is 24.7 Å². The zero-order valence-corrected chi connectivity index (χ0v) is 15.0. The minimum atomic E-state index is -0.114. The van der Waals surface area contributed by atoms with Crippen LogP contribution in [-0.2, 0) is 6.54 Å². The summed E-state index contributed by atoms with van der Waals surface area (Å²) in [7, 11) is 1.74. The molecule has 0 aromatic carbocycles. The van der Waals surface area contributed by atoms with Gasteiger partial charge in [0.2, 0.25) is 0 Å². The number of hydrogen-bond acceptors (Lipinski definition) is 5. The second-order valence-corrected chi connectivity index (χ2v) is 7.48. The molecule has 8 nitrogen and oxygen atoms in total. The zero-order chi connectivity index (χ0) is 17.9. The number of anilines is 1. The van der Waals surface area contributed by atoms with Gasteiger partial charge in [-0.3, -0.25) is 4.90 Å². The number of amides is 2. The Morgan fingerprint density at radius 1 is 1.40 bits per heavy atom. The molecule has 2 amide bonds. The molecule has 2 aromatic rings. The van der Waals surface area contributed by atoms with E-state index >= 15 is 0 Å². The van der Waals surface area contributed by atoms with Crippen LogP contribution < -0.4 is 10.2 Å². The number of hydrogen-bond donors (Lipinski definition) is 1. The van der Waals surface area contributed by atoms with E-state index in [9.17, 15) is 4.79 Å². The van der Waals surface area contributed by atoms with Crippen molar-refractivity contribution in [2.45, 2.75) is 52.1 Å². The molecule has 8 heteroatoms. The maximum absolute atomic E-state index is 12.5. The number of pyridine rings is 1. The lowest BCUT2D eigenvalue weighted by Crippen LogP contribution is -2.45. The Bertz CT molecular complexity index is 704. The van der Waals surface area contributed by atoms with Crippen LogP contribution in [0.5, 0.6) is 0 Å². The molecule has 1 N–H and O–H groups in total. The molecule has 0 saturated heterocycles. The third-order valence-corrected chi connectivity index (χ3v) is 4.86. The van der Waals surface area contributed by atoms with Gasteiger partial charge in [-0.05, 0) is 59.2 Å². The first-order valence-electron chi connectivity index (χ1n) is 8.63. The average Bonchev–Trinajstić information content (AvgIpc) is 3.09. The number of carbonyl (C=O) groups excluding carboxylic acids is 1. The Balaban J connectivity index is 1.60. The maximum Gasteiger partial charge on any atom is 0.323 e. The van der Waals surface area contributed by atoms with Crippen LogP contribution >= 0.6 is 0 Å². The highest BCUT2D eigenvalue weighted by atomic mass is 16.2. The molecule has 1 aliphatic carbocycles. The number of tetrazole rings is 1. The number of aromatic nitrogens is 5. The Hall–Kier alpha value is -2.51. The second-order valence-electron chi connectivity index (χ2n) is 7.48. The fourth-order valence-electron chi connectivity index (χ4n) is 3.10. The molecule has 0 bridgehead atoms. The molecule has 25 heavy (non-hydrogen) atoms. The minimum Gasteiger partial charge on any atom is -0.335 e. The van der Waals surface area contributed by atoms with Crippen molar-refractivity contribution in [1.29, 1.82) is 0 Å². The molecule has 0 atom stereocenters. The van der Waals surface area contributed by atoms with Crippen LogP contribution in [0.4, 0.5) is 10.6 Å². The Kier molecular flexibility index (Phi) is 4.96. The largest absolute Gasteiger partial charge is 0.335 e. The van der Waals surface area contributed by atoms with E-state index in [-0.39, 0.29) is 12.1 Å².